The van der Waals surface area contributed by atoms with Crippen molar-refractivity contribution in [3.05, 3.63) is 59.7 Å². The van der Waals surface area contributed by atoms with E-state index in [0.29, 0.717) is 39.3 Å². The van der Waals surface area contributed by atoms with E-state index in [2.05, 4.69) is 0 Å². The van der Waals surface area contributed by atoms with Gasteiger partial charge in [0.05, 0.1) is 38.4 Å². The summed E-state index contributed by atoms with van der Waals surface area (Å²) in [6, 6.07) is 11.3. The van der Waals surface area contributed by atoms with Crippen LogP contribution in [-0.2, 0) is 34.1 Å². The van der Waals surface area contributed by atoms with Crippen molar-refractivity contribution in [1.82, 2.24) is 9.80 Å². The van der Waals surface area contributed by atoms with E-state index in [9.17, 15) is 30.0 Å². The van der Waals surface area contributed by atoms with Gasteiger partial charge < -0.3 is 81.4 Å². The van der Waals surface area contributed by atoms with Crippen molar-refractivity contribution in [2.45, 2.75) is 0 Å². The summed E-state index contributed by atoms with van der Waals surface area (Å²) < 4.78 is 0. The van der Waals surface area contributed by atoms with Crippen LogP contribution < -0.4 is 20.4 Å². The van der Waals surface area contributed by atoms with Gasteiger partial charge in [-0.05, 0) is 37.4 Å². The third-order valence-electron chi connectivity index (χ3n) is 4.73. The van der Waals surface area contributed by atoms with Crippen molar-refractivity contribution in [2.75, 3.05) is 78.9 Å². The molecule has 0 aromatic heterocycles. The molecule has 0 aliphatic rings. The van der Waals surface area contributed by atoms with Crippen molar-refractivity contribution in [3.8, 4) is 11.5 Å². The van der Waals surface area contributed by atoms with Crippen LogP contribution in [0.2, 0.25) is 0 Å². The minimum Gasteiger partial charge on any atom is -0.854 e. The average molecular weight is 734 g/mol. The van der Waals surface area contributed by atoms with Gasteiger partial charge in [0.1, 0.15) is 11.5 Å². The number of carbonyl (C=O) groups is 2. The zero-order valence-corrected chi connectivity index (χ0v) is 25.6. The number of carbonyl (C=O) groups excluding carboxylic acids is 2. The molecular weight excluding hydrogens is 691 g/mol. The van der Waals surface area contributed by atoms with Crippen LogP contribution in [0, 0.1) is 0 Å². The molecule has 18 heteroatoms. The van der Waals surface area contributed by atoms with Gasteiger partial charge in [-0.3, -0.25) is 0 Å². The minimum atomic E-state index is -1.36. The van der Waals surface area contributed by atoms with Crippen molar-refractivity contribution >= 4 is 11.9 Å². The first-order valence-electron chi connectivity index (χ1n) is 12.2. The van der Waals surface area contributed by atoms with E-state index in [0.717, 1.165) is 0 Å². The molecule has 0 saturated carbocycles. The van der Waals surface area contributed by atoms with Crippen LogP contribution in [0.5, 0.6) is 11.5 Å². The number of nitrogens with zero attached hydrogens (tertiary/aromatic N) is 2. The Bertz CT molecular complexity index is 830. The molecule has 0 atom stereocenters. The third kappa shape index (κ3) is 28.4. The van der Waals surface area contributed by atoms with Crippen LogP contribution in [0.15, 0.2) is 48.5 Å². The quantitative estimate of drug-likeness (QED) is 0.0984. The van der Waals surface area contributed by atoms with Crippen LogP contribution in [0.3, 0.4) is 0 Å². The smallest absolute Gasteiger partial charge is 0.854 e. The van der Waals surface area contributed by atoms with E-state index in [-0.39, 0.29) is 107 Å². The predicted octanol–water partition coefficient (Wildman–Crippen LogP) is -6.88. The Kier molecular flexibility index (Phi) is 45.3. The van der Waals surface area contributed by atoms with Crippen LogP contribution in [0.1, 0.15) is 20.7 Å². The number of carboxylic acids is 2. The number of carboxylic acid groups (broad SMARTS) is 2. The number of hydrogen-bond acceptors (Lipinski definition) is 14. The average Bonchev–Trinajstić information content (AvgIpc) is 2.91. The summed E-state index contributed by atoms with van der Waals surface area (Å²) in [5, 5.41) is 92.0. The molecule has 0 aliphatic heterocycles. The fourth-order valence-electron chi connectivity index (χ4n) is 2.79. The number of aromatic carboxylic acids is 2. The van der Waals surface area contributed by atoms with Crippen LogP contribution in [0.4, 0.5) is 0 Å². The number of para-hydroxylation sites is 2. The third-order valence-corrected chi connectivity index (χ3v) is 4.73. The SMILES string of the molecule is O.O.O=C([O-])c1ccccc1O.O=C([O-])c1ccccc1O.[Cu+2].[Cu+2].[O-]CCN(CCO)CCO.[O-]CCN(CCO)CCO. The first kappa shape index (κ1) is 54.1. The molecule has 2 rings (SSSR count). The van der Waals surface area contributed by atoms with E-state index in [1.54, 1.807) is 21.9 Å². The maximum Gasteiger partial charge on any atom is 2.00 e. The predicted molar refractivity (Wildman–Crippen MR) is 143 cm³/mol. The second-order valence-electron chi connectivity index (χ2n) is 7.60. The Hall–Kier alpha value is -2.38. The van der Waals surface area contributed by atoms with Crippen molar-refractivity contribution in [2.24, 2.45) is 0 Å². The summed E-state index contributed by atoms with van der Waals surface area (Å²) >= 11 is 0. The fraction of sp³-hybridized carbons (Fsp3) is 0.462. The first-order chi connectivity index (χ1) is 19.1. The standard InChI is InChI=1S/2C7H6O3.2C6H14NO3.2Cu.2H2O/c2*8-6-4-2-1-3-5(6)7(9)10;2*8-4-1-7(2-5-9)3-6-10;;;;/h2*1-4,8H,(H,9,10);2*8-9H,1-6H2;;;2*1H2/q;;2*-1;2*+2;;/p-2. The number of phenols is 2. The minimum absolute atomic E-state index is 0. The van der Waals surface area contributed by atoms with Gasteiger partial charge >= 0.3 is 34.1 Å². The van der Waals surface area contributed by atoms with Gasteiger partial charge in [0.15, 0.2) is 0 Å². The molecule has 0 aliphatic carbocycles. The van der Waals surface area contributed by atoms with Crippen LogP contribution >= 0.6 is 0 Å². The molecule has 44 heavy (non-hydrogen) atoms. The van der Waals surface area contributed by atoms with Crippen molar-refractivity contribution < 1.29 is 106 Å². The molecule has 0 unspecified atom stereocenters. The second kappa shape index (κ2) is 36.8. The van der Waals surface area contributed by atoms with Crippen LogP contribution in [0.25, 0.3) is 0 Å². The Morgan fingerprint density at radius 1 is 0.545 bits per heavy atom. The Morgan fingerprint density at radius 2 is 0.795 bits per heavy atom. The van der Waals surface area contributed by atoms with Gasteiger partial charge in [-0.2, -0.15) is 0 Å². The first-order valence-corrected chi connectivity index (χ1v) is 12.2. The normalized spacial score (nSPS) is 9.09. The molecule has 2 aromatic carbocycles. The summed E-state index contributed by atoms with van der Waals surface area (Å²) in [5.74, 6) is -3.25. The molecular formula is C26H42Cu2N2O14. The largest absolute Gasteiger partial charge is 2.00 e. The molecule has 16 nitrogen and oxygen atoms in total. The van der Waals surface area contributed by atoms with Gasteiger partial charge in [-0.25, -0.2) is 0 Å². The molecule has 0 spiro atoms. The van der Waals surface area contributed by atoms with E-state index >= 15 is 0 Å². The van der Waals surface area contributed by atoms with Gasteiger partial charge in [0.25, 0.3) is 0 Å². The Labute approximate surface area is 277 Å². The van der Waals surface area contributed by atoms with Crippen LogP contribution in [-0.4, -0.2) is 142 Å². The molecule has 0 amide bonds. The molecule has 10 N–H and O–H groups in total. The molecule has 2 radical (unpaired) electrons. The molecule has 0 bridgehead atoms. The van der Waals surface area contributed by atoms with E-state index < -0.39 is 11.9 Å². The summed E-state index contributed by atoms with van der Waals surface area (Å²) in [5.41, 5.74) is -0.356. The maximum atomic E-state index is 10.2. The number of rotatable bonds is 14. The number of aromatic hydroxyl groups is 2. The summed E-state index contributed by atoms with van der Waals surface area (Å²) in [6.07, 6.45) is 0. The van der Waals surface area contributed by atoms with Gasteiger partial charge in [0.2, 0.25) is 0 Å². The molecule has 0 fully saturated rings. The molecule has 0 saturated heterocycles. The fourth-order valence-corrected chi connectivity index (χ4v) is 2.79. The Balaban J connectivity index is -0.000000106. The number of hydrogen-bond donors (Lipinski definition) is 6. The van der Waals surface area contributed by atoms with Gasteiger partial charge in [0, 0.05) is 37.3 Å². The van der Waals surface area contributed by atoms with Gasteiger partial charge in [-0.1, -0.05) is 24.3 Å². The topological polar surface area (TPSA) is 317 Å². The van der Waals surface area contributed by atoms with Crippen molar-refractivity contribution in [1.29, 1.82) is 0 Å². The molecule has 2 aromatic rings. The Morgan fingerprint density at radius 3 is 0.955 bits per heavy atom. The summed E-state index contributed by atoms with van der Waals surface area (Å²) in [6.45, 7) is 2.51. The van der Waals surface area contributed by atoms with Crippen molar-refractivity contribution in [3.63, 3.8) is 0 Å². The number of aliphatic hydroxyl groups is 4. The number of aliphatic hydroxyl groups excluding tert-OH is 4. The zero-order valence-electron chi connectivity index (χ0n) is 23.7. The summed E-state index contributed by atoms with van der Waals surface area (Å²) in [7, 11) is 0. The monoisotopic (exact) mass is 732 g/mol. The van der Waals surface area contributed by atoms with E-state index in [1.807, 2.05) is 0 Å². The summed E-state index contributed by atoms with van der Waals surface area (Å²) in [4.78, 5) is 23.8. The zero-order chi connectivity index (χ0) is 30.8. The molecule has 0 heterocycles. The second-order valence-corrected chi connectivity index (χ2v) is 7.60. The number of benzene rings is 2. The maximum absolute atomic E-state index is 10.2. The van der Waals surface area contributed by atoms with Gasteiger partial charge in [-0.15, -0.1) is 13.2 Å². The molecule has 262 valence electrons. The van der Waals surface area contributed by atoms with E-state index in [4.69, 9.17) is 30.6 Å². The van der Waals surface area contributed by atoms with E-state index in [1.165, 1.54) is 36.4 Å².